The Kier molecular flexibility index (Phi) is 5.08. The molecule has 3 heterocycles. The molecule has 5 nitrogen and oxygen atoms in total. The normalized spacial score (nSPS) is 13.6. The maximum absolute atomic E-state index is 13.1. The molecule has 0 saturated carbocycles. The molecule has 2 aromatic carbocycles. The molecule has 1 saturated heterocycles. The van der Waals surface area contributed by atoms with Crippen molar-refractivity contribution in [1.29, 1.82) is 0 Å². The Morgan fingerprint density at radius 2 is 1.74 bits per heavy atom. The van der Waals surface area contributed by atoms with Crippen molar-refractivity contribution in [3.05, 3.63) is 65.5 Å². The van der Waals surface area contributed by atoms with E-state index in [2.05, 4.69) is 6.07 Å². The van der Waals surface area contributed by atoms with Gasteiger partial charge in [-0.25, -0.2) is 4.98 Å². The zero-order valence-corrected chi connectivity index (χ0v) is 18.1. The lowest BCUT2D eigenvalue weighted by molar-refractivity contribution is 0.0798. The number of carbonyl (C=O) groups is 1. The number of thiophene rings is 1. The molecule has 2 aromatic heterocycles. The van der Waals surface area contributed by atoms with E-state index in [0.717, 1.165) is 64.3 Å². The third-order valence-electron chi connectivity index (χ3n) is 5.76. The first kappa shape index (κ1) is 19.6. The highest BCUT2D eigenvalue weighted by Gasteiger charge is 2.26. The molecular weight excluding hydrogens is 406 g/mol. The number of nitrogen functional groups attached to an aromatic ring is 1. The van der Waals surface area contributed by atoms with Gasteiger partial charge in [-0.1, -0.05) is 42.5 Å². The Labute approximate surface area is 185 Å². The highest BCUT2D eigenvalue weighted by atomic mass is 32.1. The Bertz CT molecular complexity index is 1240. The van der Waals surface area contributed by atoms with Crippen molar-refractivity contribution in [2.24, 2.45) is 0 Å². The van der Waals surface area contributed by atoms with E-state index >= 15 is 0 Å². The Hall–Kier alpha value is -3.38. The fraction of sp³-hybridized carbons (Fsp3) is 0.200. The van der Waals surface area contributed by atoms with Gasteiger partial charge in [0.15, 0.2) is 0 Å². The van der Waals surface area contributed by atoms with Gasteiger partial charge in [-0.2, -0.15) is 0 Å². The largest absolute Gasteiger partial charge is 0.497 e. The molecule has 0 atom stereocenters. The highest BCUT2D eigenvalue weighted by molar-refractivity contribution is 7.21. The lowest BCUT2D eigenvalue weighted by Crippen LogP contribution is -2.27. The third kappa shape index (κ3) is 3.53. The second kappa shape index (κ2) is 8.04. The minimum absolute atomic E-state index is 0.0138. The summed E-state index contributed by atoms with van der Waals surface area (Å²) in [6.07, 6.45) is 2.09. The number of likely N-dealkylation sites (tertiary alicyclic amines) is 1. The van der Waals surface area contributed by atoms with Crippen molar-refractivity contribution in [1.82, 2.24) is 9.88 Å². The first-order chi connectivity index (χ1) is 15.2. The number of anilines is 1. The fourth-order valence-corrected chi connectivity index (χ4v) is 5.19. The van der Waals surface area contributed by atoms with Gasteiger partial charge in [0.1, 0.15) is 15.5 Å². The summed E-state index contributed by atoms with van der Waals surface area (Å²) in [5.41, 5.74) is 11.0. The van der Waals surface area contributed by atoms with E-state index in [1.54, 1.807) is 7.11 Å². The number of carbonyl (C=O) groups excluding carboxylic acids is 1. The van der Waals surface area contributed by atoms with Crippen LogP contribution in [0.1, 0.15) is 22.5 Å². The van der Waals surface area contributed by atoms with Crippen LogP contribution in [0.5, 0.6) is 5.75 Å². The van der Waals surface area contributed by atoms with Gasteiger partial charge >= 0.3 is 0 Å². The van der Waals surface area contributed by atoms with Gasteiger partial charge in [0.05, 0.1) is 18.5 Å². The SMILES string of the molecule is COc1ccc(-c2cc(-c3ccccc3)nc3sc(C(=O)N4CCCC4)c(N)c23)cc1. The fourth-order valence-electron chi connectivity index (χ4n) is 4.10. The summed E-state index contributed by atoms with van der Waals surface area (Å²) in [5.74, 6) is 0.806. The molecule has 0 bridgehead atoms. The number of hydrogen-bond donors (Lipinski definition) is 1. The molecular formula is C25H23N3O2S. The second-order valence-corrected chi connectivity index (χ2v) is 8.67. The van der Waals surface area contributed by atoms with Crippen LogP contribution in [0, 0.1) is 0 Å². The topological polar surface area (TPSA) is 68.5 Å². The van der Waals surface area contributed by atoms with Crippen LogP contribution in [0.2, 0.25) is 0 Å². The molecule has 0 spiro atoms. The minimum atomic E-state index is 0.0138. The second-order valence-electron chi connectivity index (χ2n) is 7.67. The van der Waals surface area contributed by atoms with Gasteiger partial charge in [0, 0.05) is 24.0 Å². The first-order valence-electron chi connectivity index (χ1n) is 10.4. The maximum atomic E-state index is 13.1. The number of benzene rings is 2. The maximum Gasteiger partial charge on any atom is 0.266 e. The van der Waals surface area contributed by atoms with Gasteiger partial charge in [0.2, 0.25) is 0 Å². The molecule has 6 heteroatoms. The molecule has 0 unspecified atom stereocenters. The summed E-state index contributed by atoms with van der Waals surface area (Å²) in [6, 6.07) is 20.0. The molecule has 0 radical (unpaired) electrons. The number of pyridine rings is 1. The Balaban J connectivity index is 1.72. The van der Waals surface area contributed by atoms with Crippen LogP contribution >= 0.6 is 11.3 Å². The average molecular weight is 430 g/mol. The van der Waals surface area contributed by atoms with Crippen LogP contribution in [0.4, 0.5) is 5.69 Å². The third-order valence-corrected chi connectivity index (χ3v) is 6.84. The van der Waals surface area contributed by atoms with Gasteiger partial charge in [-0.3, -0.25) is 4.79 Å². The van der Waals surface area contributed by atoms with E-state index in [1.165, 1.54) is 11.3 Å². The smallest absolute Gasteiger partial charge is 0.266 e. The zero-order chi connectivity index (χ0) is 21.4. The standard InChI is InChI=1S/C25H23N3O2S/c1-30-18-11-9-16(10-12-18)19-15-20(17-7-3-2-4-8-17)27-24-21(19)22(26)23(31-24)25(29)28-13-5-6-14-28/h2-4,7-12,15H,5-6,13-14,26H2,1H3. The summed E-state index contributed by atoms with van der Waals surface area (Å²) < 4.78 is 5.32. The zero-order valence-electron chi connectivity index (χ0n) is 17.3. The van der Waals surface area contributed by atoms with Crippen LogP contribution in [-0.4, -0.2) is 36.0 Å². The number of amides is 1. The number of nitrogens with two attached hydrogens (primary N) is 1. The summed E-state index contributed by atoms with van der Waals surface area (Å²) in [4.78, 5) is 21.3. The Morgan fingerprint density at radius 1 is 1.03 bits per heavy atom. The molecule has 156 valence electrons. The molecule has 1 aliphatic heterocycles. The lowest BCUT2D eigenvalue weighted by atomic mass is 9.99. The van der Waals surface area contributed by atoms with E-state index in [0.29, 0.717) is 10.6 Å². The number of aromatic nitrogens is 1. The molecule has 1 aliphatic rings. The van der Waals surface area contributed by atoms with E-state index in [1.807, 2.05) is 59.5 Å². The summed E-state index contributed by atoms with van der Waals surface area (Å²) in [6.45, 7) is 1.58. The van der Waals surface area contributed by atoms with Crippen LogP contribution in [0.25, 0.3) is 32.6 Å². The van der Waals surface area contributed by atoms with Crippen molar-refractivity contribution in [3.8, 4) is 28.1 Å². The van der Waals surface area contributed by atoms with Crippen LogP contribution in [0.15, 0.2) is 60.7 Å². The average Bonchev–Trinajstić information content (AvgIpc) is 3.47. The molecule has 1 fully saturated rings. The highest BCUT2D eigenvalue weighted by Crippen LogP contribution is 2.42. The van der Waals surface area contributed by atoms with Crippen LogP contribution in [0.3, 0.4) is 0 Å². The number of rotatable bonds is 4. The number of hydrogen-bond acceptors (Lipinski definition) is 5. The predicted molar refractivity (Wildman–Crippen MR) is 127 cm³/mol. The number of nitrogens with zero attached hydrogens (tertiary/aromatic N) is 2. The van der Waals surface area contributed by atoms with Crippen molar-refractivity contribution in [3.63, 3.8) is 0 Å². The van der Waals surface area contributed by atoms with E-state index in [9.17, 15) is 4.79 Å². The number of ether oxygens (including phenoxy) is 1. The van der Waals surface area contributed by atoms with Gasteiger partial charge in [0.25, 0.3) is 5.91 Å². The Morgan fingerprint density at radius 3 is 2.42 bits per heavy atom. The van der Waals surface area contributed by atoms with Crippen molar-refractivity contribution >= 4 is 33.1 Å². The predicted octanol–water partition coefficient (Wildman–Crippen LogP) is 5.46. The summed E-state index contributed by atoms with van der Waals surface area (Å²) in [7, 11) is 1.65. The monoisotopic (exact) mass is 429 g/mol. The van der Waals surface area contributed by atoms with E-state index in [-0.39, 0.29) is 5.91 Å². The summed E-state index contributed by atoms with van der Waals surface area (Å²) >= 11 is 1.39. The van der Waals surface area contributed by atoms with Crippen molar-refractivity contribution in [2.75, 3.05) is 25.9 Å². The lowest BCUT2D eigenvalue weighted by Gasteiger charge is -2.14. The van der Waals surface area contributed by atoms with Gasteiger partial charge in [-0.05, 0) is 42.2 Å². The molecule has 2 N–H and O–H groups in total. The minimum Gasteiger partial charge on any atom is -0.497 e. The van der Waals surface area contributed by atoms with E-state index < -0.39 is 0 Å². The quantitative estimate of drug-likeness (QED) is 0.468. The number of fused-ring (bicyclic) bond motifs is 1. The molecule has 5 rings (SSSR count). The van der Waals surface area contributed by atoms with Gasteiger partial charge in [-0.15, -0.1) is 11.3 Å². The van der Waals surface area contributed by atoms with Crippen LogP contribution in [-0.2, 0) is 0 Å². The number of methoxy groups -OCH3 is 1. The van der Waals surface area contributed by atoms with Crippen molar-refractivity contribution < 1.29 is 9.53 Å². The van der Waals surface area contributed by atoms with Crippen molar-refractivity contribution in [2.45, 2.75) is 12.8 Å². The molecule has 31 heavy (non-hydrogen) atoms. The first-order valence-corrected chi connectivity index (χ1v) is 11.2. The van der Waals surface area contributed by atoms with E-state index in [4.69, 9.17) is 15.5 Å². The van der Waals surface area contributed by atoms with Crippen LogP contribution < -0.4 is 10.5 Å². The molecule has 4 aromatic rings. The summed E-state index contributed by atoms with van der Waals surface area (Å²) in [5, 5.41) is 0.845. The van der Waals surface area contributed by atoms with Gasteiger partial charge < -0.3 is 15.4 Å². The molecule has 0 aliphatic carbocycles. The molecule has 1 amide bonds.